The average molecular weight is 474 g/mol. The number of anilines is 1. The van der Waals surface area contributed by atoms with Crippen LogP contribution in [0.25, 0.3) is 11.3 Å². The number of fused-ring (bicyclic) bond motifs is 1. The van der Waals surface area contributed by atoms with Gasteiger partial charge in [-0.15, -0.1) is 11.3 Å². The van der Waals surface area contributed by atoms with Gasteiger partial charge in [0.1, 0.15) is 13.2 Å². The molecule has 1 amide bonds. The van der Waals surface area contributed by atoms with E-state index in [1.165, 1.54) is 27.8 Å². The van der Waals surface area contributed by atoms with E-state index in [-0.39, 0.29) is 10.5 Å². The molecule has 0 saturated heterocycles. The zero-order chi connectivity index (χ0) is 22.7. The summed E-state index contributed by atoms with van der Waals surface area (Å²) < 4.78 is 38.0. The molecule has 168 valence electrons. The molecule has 32 heavy (non-hydrogen) atoms. The summed E-state index contributed by atoms with van der Waals surface area (Å²) in [5.74, 6) is 0.937. The van der Waals surface area contributed by atoms with E-state index < -0.39 is 15.9 Å². The Bertz CT molecular complexity index is 1240. The third kappa shape index (κ3) is 4.47. The maximum Gasteiger partial charge on any atom is 0.257 e. The smallest absolute Gasteiger partial charge is 0.257 e. The number of thiazole rings is 1. The molecular weight excluding hydrogens is 450 g/mol. The minimum Gasteiger partial charge on any atom is -0.486 e. The first-order chi connectivity index (χ1) is 15.4. The van der Waals surface area contributed by atoms with E-state index in [1.54, 1.807) is 26.0 Å². The number of aromatic nitrogens is 1. The van der Waals surface area contributed by atoms with Crippen molar-refractivity contribution >= 4 is 32.4 Å². The van der Waals surface area contributed by atoms with Gasteiger partial charge < -0.3 is 9.47 Å². The van der Waals surface area contributed by atoms with Crippen LogP contribution in [0, 0.1) is 0 Å². The Morgan fingerprint density at radius 3 is 2.59 bits per heavy atom. The molecular formula is C22H23N3O5S2. The average Bonchev–Trinajstić information content (AvgIpc) is 3.28. The van der Waals surface area contributed by atoms with E-state index in [0.717, 1.165) is 5.56 Å². The molecule has 0 radical (unpaired) electrons. The lowest BCUT2D eigenvalue weighted by molar-refractivity contribution is 0.102. The van der Waals surface area contributed by atoms with Crippen LogP contribution in [0.15, 0.2) is 52.7 Å². The molecule has 0 unspecified atom stereocenters. The van der Waals surface area contributed by atoms with Gasteiger partial charge in [-0.3, -0.25) is 10.1 Å². The minimum atomic E-state index is -3.65. The number of hydrogen-bond acceptors (Lipinski definition) is 7. The van der Waals surface area contributed by atoms with Crippen molar-refractivity contribution in [3.63, 3.8) is 0 Å². The molecule has 10 heteroatoms. The van der Waals surface area contributed by atoms with Crippen LogP contribution in [-0.2, 0) is 10.0 Å². The van der Waals surface area contributed by atoms with Gasteiger partial charge in [0.2, 0.25) is 10.0 Å². The number of ether oxygens (including phenoxy) is 2. The molecule has 2 aromatic carbocycles. The standard InChI is InChI=1S/C22H23N3O5S2/c1-3-25(4-2)32(27,28)17-7-5-6-16(12-17)21(26)24-22-23-18(14-31-22)15-8-9-19-20(13-15)30-11-10-29-19/h5-9,12-14H,3-4,10-11H2,1-2H3,(H,23,24,26). The highest BCUT2D eigenvalue weighted by Crippen LogP contribution is 2.35. The highest BCUT2D eigenvalue weighted by atomic mass is 32.2. The minimum absolute atomic E-state index is 0.0879. The van der Waals surface area contributed by atoms with Crippen LogP contribution in [0.1, 0.15) is 24.2 Å². The highest BCUT2D eigenvalue weighted by Gasteiger charge is 2.23. The summed E-state index contributed by atoms with van der Waals surface area (Å²) in [5, 5.41) is 5.00. The van der Waals surface area contributed by atoms with Crippen molar-refractivity contribution in [1.82, 2.24) is 9.29 Å². The fraction of sp³-hybridized carbons (Fsp3) is 0.273. The number of hydrogen-bond donors (Lipinski definition) is 1. The Labute approximate surface area is 190 Å². The van der Waals surface area contributed by atoms with Crippen LogP contribution in [0.2, 0.25) is 0 Å². The van der Waals surface area contributed by atoms with Gasteiger partial charge in [-0.2, -0.15) is 4.31 Å². The third-order valence-corrected chi connectivity index (χ3v) is 7.81. The topological polar surface area (TPSA) is 97.8 Å². The van der Waals surface area contributed by atoms with E-state index in [9.17, 15) is 13.2 Å². The van der Waals surface area contributed by atoms with E-state index in [2.05, 4.69) is 10.3 Å². The number of carbonyl (C=O) groups excluding carboxylic acids is 1. The van der Waals surface area contributed by atoms with Crippen molar-refractivity contribution < 1.29 is 22.7 Å². The molecule has 1 aliphatic rings. The molecule has 0 spiro atoms. The van der Waals surface area contributed by atoms with E-state index in [0.29, 0.717) is 48.6 Å². The predicted molar refractivity (Wildman–Crippen MR) is 123 cm³/mol. The molecule has 0 aliphatic carbocycles. The maximum absolute atomic E-state index is 12.8. The molecule has 0 saturated carbocycles. The van der Waals surface area contributed by atoms with Gasteiger partial charge in [0.25, 0.3) is 5.91 Å². The molecule has 4 rings (SSSR count). The summed E-state index contributed by atoms with van der Waals surface area (Å²) in [5.41, 5.74) is 1.78. The monoisotopic (exact) mass is 473 g/mol. The summed E-state index contributed by atoms with van der Waals surface area (Å²) in [6.45, 7) is 5.29. The van der Waals surface area contributed by atoms with E-state index in [1.807, 2.05) is 23.6 Å². The summed E-state index contributed by atoms with van der Waals surface area (Å²) in [4.78, 5) is 17.3. The van der Waals surface area contributed by atoms with Crippen LogP contribution in [0.3, 0.4) is 0 Å². The fourth-order valence-electron chi connectivity index (χ4n) is 3.35. The first-order valence-electron chi connectivity index (χ1n) is 10.2. The van der Waals surface area contributed by atoms with Gasteiger partial charge >= 0.3 is 0 Å². The van der Waals surface area contributed by atoms with E-state index >= 15 is 0 Å². The number of nitrogens with zero attached hydrogens (tertiary/aromatic N) is 2. The summed E-state index contributed by atoms with van der Waals surface area (Å²) in [7, 11) is -3.65. The molecule has 8 nitrogen and oxygen atoms in total. The Morgan fingerprint density at radius 1 is 1.09 bits per heavy atom. The van der Waals surface area contributed by atoms with Crippen molar-refractivity contribution in [1.29, 1.82) is 0 Å². The molecule has 1 N–H and O–H groups in total. The Balaban J connectivity index is 1.52. The lowest BCUT2D eigenvalue weighted by atomic mass is 10.1. The van der Waals surface area contributed by atoms with E-state index in [4.69, 9.17) is 9.47 Å². The first kappa shape index (κ1) is 22.3. The molecule has 0 bridgehead atoms. The predicted octanol–water partition coefficient (Wildman–Crippen LogP) is 3.86. The zero-order valence-electron chi connectivity index (χ0n) is 17.7. The van der Waals surface area contributed by atoms with Gasteiger partial charge in [-0.05, 0) is 36.4 Å². The third-order valence-electron chi connectivity index (χ3n) is 5.00. The second kappa shape index (κ2) is 9.27. The molecule has 0 fully saturated rings. The van der Waals surface area contributed by atoms with Crippen molar-refractivity contribution in [2.45, 2.75) is 18.7 Å². The number of rotatable bonds is 7. The Kier molecular flexibility index (Phi) is 6.45. The molecule has 0 atom stereocenters. The number of nitrogens with one attached hydrogen (secondary N) is 1. The molecule has 1 aromatic heterocycles. The molecule has 2 heterocycles. The SMILES string of the molecule is CCN(CC)S(=O)(=O)c1cccc(C(=O)Nc2nc(-c3ccc4c(c3)OCCO4)cs2)c1. The van der Waals surface area contributed by atoms with Crippen molar-refractivity contribution in [3.8, 4) is 22.8 Å². The van der Waals surface area contributed by atoms with Gasteiger partial charge in [-0.1, -0.05) is 19.9 Å². The molecule has 1 aliphatic heterocycles. The molecule has 3 aromatic rings. The number of benzene rings is 2. The van der Waals surface area contributed by atoms with Gasteiger partial charge in [0.15, 0.2) is 16.6 Å². The van der Waals surface area contributed by atoms with Crippen LogP contribution in [0.5, 0.6) is 11.5 Å². The van der Waals surface area contributed by atoms with Crippen molar-refractivity contribution in [2.24, 2.45) is 0 Å². The van der Waals surface area contributed by atoms with Crippen LogP contribution >= 0.6 is 11.3 Å². The van der Waals surface area contributed by atoms with Crippen LogP contribution < -0.4 is 14.8 Å². The van der Waals surface area contributed by atoms with Crippen LogP contribution in [-0.4, -0.2) is 49.9 Å². The van der Waals surface area contributed by atoms with Crippen molar-refractivity contribution in [3.05, 3.63) is 53.4 Å². The fourth-order valence-corrected chi connectivity index (χ4v) is 5.57. The Hall–Kier alpha value is -2.95. The highest BCUT2D eigenvalue weighted by molar-refractivity contribution is 7.89. The second-order valence-electron chi connectivity index (χ2n) is 6.97. The lowest BCUT2D eigenvalue weighted by Gasteiger charge is -2.18. The summed E-state index contributed by atoms with van der Waals surface area (Å²) in [6, 6.07) is 11.6. The number of carbonyl (C=O) groups is 1. The number of amides is 1. The first-order valence-corrected chi connectivity index (χ1v) is 12.5. The quantitative estimate of drug-likeness (QED) is 0.560. The lowest BCUT2D eigenvalue weighted by Crippen LogP contribution is -2.30. The van der Waals surface area contributed by atoms with Gasteiger partial charge in [0.05, 0.1) is 10.6 Å². The zero-order valence-corrected chi connectivity index (χ0v) is 19.3. The second-order valence-corrected chi connectivity index (χ2v) is 9.76. The number of sulfonamides is 1. The Morgan fingerprint density at radius 2 is 1.84 bits per heavy atom. The van der Waals surface area contributed by atoms with Gasteiger partial charge in [-0.25, -0.2) is 13.4 Å². The largest absolute Gasteiger partial charge is 0.486 e. The van der Waals surface area contributed by atoms with Crippen molar-refractivity contribution in [2.75, 3.05) is 31.6 Å². The normalized spacial score (nSPS) is 13.2. The summed E-state index contributed by atoms with van der Waals surface area (Å²) >= 11 is 1.29. The maximum atomic E-state index is 12.8. The van der Waals surface area contributed by atoms with Crippen LogP contribution in [0.4, 0.5) is 5.13 Å². The summed E-state index contributed by atoms with van der Waals surface area (Å²) in [6.07, 6.45) is 0. The van der Waals surface area contributed by atoms with Gasteiger partial charge in [0, 0.05) is 29.6 Å².